The number of piperidine rings is 1. The average molecular weight is 329 g/mol. The molecule has 6 heteroatoms. The Morgan fingerprint density at radius 2 is 2.25 bits per heavy atom. The van der Waals surface area contributed by atoms with E-state index in [0.29, 0.717) is 0 Å². The summed E-state index contributed by atoms with van der Waals surface area (Å²) in [5, 5.41) is 6.63. The fourth-order valence-corrected chi connectivity index (χ4v) is 3.36. The Morgan fingerprint density at radius 3 is 3.04 bits per heavy atom. The van der Waals surface area contributed by atoms with Crippen molar-refractivity contribution in [3.05, 3.63) is 35.4 Å². The highest BCUT2D eigenvalue weighted by molar-refractivity contribution is 5.80. The standard InChI is InChI=1S/C18H27N5O/c19-17(24)16-6-2-9-23(13-16)12-15-5-1-4-14(10-15)11-22-18-20-7-3-8-21-18/h1,4-5,10,16H,2-3,6-9,11-13H2,(H2,19,24)(H2,20,21,22). The van der Waals surface area contributed by atoms with Gasteiger partial charge in [-0.2, -0.15) is 0 Å². The molecule has 1 amide bonds. The third kappa shape index (κ3) is 4.71. The summed E-state index contributed by atoms with van der Waals surface area (Å²) in [6, 6.07) is 8.60. The summed E-state index contributed by atoms with van der Waals surface area (Å²) in [6.07, 6.45) is 3.06. The van der Waals surface area contributed by atoms with Crippen molar-refractivity contribution >= 4 is 11.9 Å². The first-order valence-electron chi connectivity index (χ1n) is 8.82. The van der Waals surface area contributed by atoms with E-state index in [-0.39, 0.29) is 11.8 Å². The Kier molecular flexibility index (Phi) is 5.69. The smallest absolute Gasteiger partial charge is 0.221 e. The van der Waals surface area contributed by atoms with Crippen molar-refractivity contribution in [3.63, 3.8) is 0 Å². The number of carbonyl (C=O) groups is 1. The predicted octanol–water partition coefficient (Wildman–Crippen LogP) is 0.823. The van der Waals surface area contributed by atoms with Gasteiger partial charge in [0.25, 0.3) is 0 Å². The monoisotopic (exact) mass is 329 g/mol. The SMILES string of the molecule is NC(=O)C1CCCN(Cc2cccc(CNC3=NCCCN3)c2)C1. The lowest BCUT2D eigenvalue weighted by Crippen LogP contribution is -2.40. The van der Waals surface area contributed by atoms with Crippen LogP contribution in [0.2, 0.25) is 0 Å². The largest absolute Gasteiger partial charge is 0.369 e. The molecule has 0 aliphatic carbocycles. The molecule has 0 bridgehead atoms. The molecule has 0 aromatic heterocycles. The maximum absolute atomic E-state index is 11.4. The maximum Gasteiger partial charge on any atom is 0.221 e. The molecule has 1 aromatic rings. The van der Waals surface area contributed by atoms with Gasteiger partial charge in [-0.05, 0) is 36.9 Å². The Bertz CT molecular complexity index is 601. The lowest BCUT2D eigenvalue weighted by Gasteiger charge is -2.31. The summed E-state index contributed by atoms with van der Waals surface area (Å²) < 4.78 is 0. The van der Waals surface area contributed by atoms with Gasteiger partial charge < -0.3 is 16.4 Å². The van der Waals surface area contributed by atoms with Gasteiger partial charge in [0.1, 0.15) is 0 Å². The molecule has 4 N–H and O–H groups in total. The minimum Gasteiger partial charge on any atom is -0.369 e. The maximum atomic E-state index is 11.4. The minimum absolute atomic E-state index is 0.000938. The molecular weight excluding hydrogens is 302 g/mol. The van der Waals surface area contributed by atoms with Crippen LogP contribution in [0.4, 0.5) is 0 Å². The second-order valence-corrected chi connectivity index (χ2v) is 6.66. The molecule has 1 unspecified atom stereocenters. The van der Waals surface area contributed by atoms with E-state index in [2.05, 4.69) is 44.8 Å². The molecular formula is C18H27N5O. The number of hydrogen-bond acceptors (Lipinski definition) is 5. The number of hydrogen-bond donors (Lipinski definition) is 3. The molecule has 0 radical (unpaired) electrons. The zero-order valence-corrected chi connectivity index (χ0v) is 14.1. The van der Waals surface area contributed by atoms with Crippen LogP contribution in [0.15, 0.2) is 29.3 Å². The molecule has 2 aliphatic heterocycles. The van der Waals surface area contributed by atoms with E-state index in [1.54, 1.807) is 0 Å². The van der Waals surface area contributed by atoms with Gasteiger partial charge in [-0.1, -0.05) is 24.3 Å². The van der Waals surface area contributed by atoms with Gasteiger partial charge in [0.15, 0.2) is 5.96 Å². The zero-order chi connectivity index (χ0) is 16.8. The van der Waals surface area contributed by atoms with Gasteiger partial charge >= 0.3 is 0 Å². The number of carbonyl (C=O) groups excluding carboxylic acids is 1. The number of rotatable bonds is 5. The normalized spacial score (nSPS) is 21.7. The van der Waals surface area contributed by atoms with Crippen molar-refractivity contribution in [2.24, 2.45) is 16.6 Å². The van der Waals surface area contributed by atoms with Crippen LogP contribution in [-0.2, 0) is 17.9 Å². The Labute approximate surface area is 143 Å². The molecule has 1 atom stereocenters. The average Bonchev–Trinajstić information content (AvgIpc) is 2.61. The van der Waals surface area contributed by atoms with Gasteiger partial charge in [0.2, 0.25) is 5.91 Å². The van der Waals surface area contributed by atoms with Gasteiger partial charge in [-0.3, -0.25) is 14.7 Å². The summed E-state index contributed by atoms with van der Waals surface area (Å²) in [6.45, 7) is 5.33. The number of benzene rings is 1. The fraction of sp³-hybridized carbons (Fsp3) is 0.556. The molecule has 0 spiro atoms. The van der Waals surface area contributed by atoms with E-state index in [1.807, 2.05) is 0 Å². The number of aliphatic imine (C=N–C) groups is 1. The topological polar surface area (TPSA) is 82.8 Å². The number of nitrogens with zero attached hydrogens (tertiary/aromatic N) is 2. The number of likely N-dealkylation sites (tertiary alicyclic amines) is 1. The molecule has 6 nitrogen and oxygen atoms in total. The molecule has 3 rings (SSSR count). The van der Waals surface area contributed by atoms with Crippen molar-refractivity contribution in [2.75, 3.05) is 26.2 Å². The molecule has 130 valence electrons. The van der Waals surface area contributed by atoms with Crippen LogP contribution in [0.1, 0.15) is 30.4 Å². The van der Waals surface area contributed by atoms with Crippen molar-refractivity contribution in [3.8, 4) is 0 Å². The number of nitrogens with two attached hydrogens (primary N) is 1. The summed E-state index contributed by atoms with van der Waals surface area (Å²) >= 11 is 0. The first-order chi connectivity index (χ1) is 11.7. The number of guanidine groups is 1. The first-order valence-corrected chi connectivity index (χ1v) is 8.82. The molecule has 2 aliphatic rings. The molecule has 0 saturated carbocycles. The van der Waals surface area contributed by atoms with Gasteiger partial charge in [-0.15, -0.1) is 0 Å². The number of nitrogens with one attached hydrogen (secondary N) is 2. The van der Waals surface area contributed by atoms with Crippen LogP contribution in [0, 0.1) is 5.92 Å². The van der Waals surface area contributed by atoms with Gasteiger partial charge in [0, 0.05) is 32.7 Å². The zero-order valence-electron chi connectivity index (χ0n) is 14.1. The van der Waals surface area contributed by atoms with Crippen molar-refractivity contribution in [2.45, 2.75) is 32.4 Å². The second-order valence-electron chi connectivity index (χ2n) is 6.66. The molecule has 2 heterocycles. The third-order valence-electron chi connectivity index (χ3n) is 4.66. The van der Waals surface area contributed by atoms with Crippen LogP contribution >= 0.6 is 0 Å². The van der Waals surface area contributed by atoms with Crippen LogP contribution in [0.5, 0.6) is 0 Å². The Balaban J connectivity index is 1.54. The highest BCUT2D eigenvalue weighted by atomic mass is 16.1. The van der Waals surface area contributed by atoms with Crippen LogP contribution in [0.3, 0.4) is 0 Å². The quantitative estimate of drug-likeness (QED) is 0.747. The van der Waals surface area contributed by atoms with Crippen molar-refractivity contribution < 1.29 is 4.79 Å². The third-order valence-corrected chi connectivity index (χ3v) is 4.66. The van der Waals surface area contributed by atoms with E-state index in [0.717, 1.165) is 64.5 Å². The Hall–Kier alpha value is -2.08. The number of primary amides is 1. The summed E-state index contributed by atoms with van der Waals surface area (Å²) in [7, 11) is 0. The lowest BCUT2D eigenvalue weighted by molar-refractivity contribution is -0.123. The molecule has 1 aromatic carbocycles. The number of amides is 1. The fourth-order valence-electron chi connectivity index (χ4n) is 3.36. The first kappa shape index (κ1) is 16.8. The van der Waals surface area contributed by atoms with Gasteiger partial charge in [0.05, 0.1) is 5.92 Å². The van der Waals surface area contributed by atoms with E-state index >= 15 is 0 Å². The van der Waals surface area contributed by atoms with E-state index in [4.69, 9.17) is 5.73 Å². The summed E-state index contributed by atoms with van der Waals surface area (Å²) in [4.78, 5) is 18.2. The highest BCUT2D eigenvalue weighted by Gasteiger charge is 2.23. The molecule has 1 fully saturated rings. The second kappa shape index (κ2) is 8.15. The van der Waals surface area contributed by atoms with E-state index < -0.39 is 0 Å². The molecule has 24 heavy (non-hydrogen) atoms. The minimum atomic E-state index is -0.168. The highest BCUT2D eigenvalue weighted by Crippen LogP contribution is 2.18. The predicted molar refractivity (Wildman–Crippen MR) is 95.4 cm³/mol. The van der Waals surface area contributed by atoms with Crippen molar-refractivity contribution in [1.82, 2.24) is 15.5 Å². The van der Waals surface area contributed by atoms with Crippen molar-refractivity contribution in [1.29, 1.82) is 0 Å². The van der Waals surface area contributed by atoms with Crippen LogP contribution in [-0.4, -0.2) is 42.9 Å². The molecule has 1 saturated heterocycles. The van der Waals surface area contributed by atoms with E-state index in [1.165, 1.54) is 11.1 Å². The lowest BCUT2D eigenvalue weighted by atomic mass is 9.97. The summed E-state index contributed by atoms with van der Waals surface area (Å²) in [5.74, 6) is 0.726. The van der Waals surface area contributed by atoms with Crippen LogP contribution in [0.25, 0.3) is 0 Å². The van der Waals surface area contributed by atoms with Gasteiger partial charge in [-0.25, -0.2) is 0 Å². The van der Waals surface area contributed by atoms with Crippen LogP contribution < -0.4 is 16.4 Å². The Morgan fingerprint density at radius 1 is 1.38 bits per heavy atom. The van der Waals surface area contributed by atoms with E-state index in [9.17, 15) is 4.79 Å². The summed E-state index contributed by atoms with van der Waals surface area (Å²) in [5.41, 5.74) is 7.98.